The lowest BCUT2D eigenvalue weighted by molar-refractivity contribution is -0.232. The second-order valence-electron chi connectivity index (χ2n) is 13.4. The number of aromatic nitrogens is 5. The Morgan fingerprint density at radius 1 is 1.20 bits per heavy atom. The van der Waals surface area contributed by atoms with Crippen LogP contribution in [-0.4, -0.2) is 111 Å². The van der Waals surface area contributed by atoms with Crippen LogP contribution in [0.25, 0.3) is 33.1 Å². The third kappa shape index (κ3) is 4.44. The molecule has 9 heterocycles. The molecular weight excluding hydrogens is 624 g/mol. The van der Waals surface area contributed by atoms with Gasteiger partial charge in [0.2, 0.25) is 0 Å². The van der Waals surface area contributed by atoms with E-state index < -0.39 is 28.7 Å². The predicted molar refractivity (Wildman–Crippen MR) is 162 cm³/mol. The SMILES string of the molecule is OC12COCOc3c(Cl)cc4[nH]ncc4c3-c3ncc4c(nc(OC[C@@]56CCCN5C[C@H](F)C6)nc4c3F)N3CCOC(C3)(C1)C2. The third-order valence-corrected chi connectivity index (χ3v) is 10.6. The summed E-state index contributed by atoms with van der Waals surface area (Å²) in [6, 6.07) is 1.64. The molecule has 46 heavy (non-hydrogen) atoms. The number of H-pyrrole nitrogens is 1. The van der Waals surface area contributed by atoms with Crippen molar-refractivity contribution in [3.05, 3.63) is 29.3 Å². The number of ether oxygens (including phenoxy) is 4. The van der Waals surface area contributed by atoms with Gasteiger partial charge in [-0.25, -0.2) is 8.78 Å². The molecule has 15 heteroatoms. The normalized spacial score (nSPS) is 30.9. The summed E-state index contributed by atoms with van der Waals surface area (Å²) in [7, 11) is 0. The fourth-order valence-corrected chi connectivity index (χ4v) is 8.64. The van der Waals surface area contributed by atoms with Crippen LogP contribution in [0.4, 0.5) is 14.6 Å². The van der Waals surface area contributed by atoms with Crippen LogP contribution in [0.1, 0.15) is 32.1 Å². The Balaban J connectivity index is 1.21. The van der Waals surface area contributed by atoms with Gasteiger partial charge in [0, 0.05) is 50.5 Å². The van der Waals surface area contributed by atoms with Gasteiger partial charge in [-0.3, -0.25) is 15.0 Å². The number of nitrogens with zero attached hydrogens (tertiary/aromatic N) is 6. The average Bonchev–Trinajstić information content (AvgIpc) is 3.71. The topological polar surface area (TPSA) is 131 Å². The Morgan fingerprint density at radius 3 is 2.98 bits per heavy atom. The van der Waals surface area contributed by atoms with Crippen molar-refractivity contribution in [3.8, 4) is 23.0 Å². The molecule has 12 nitrogen and oxygen atoms in total. The van der Waals surface area contributed by atoms with Crippen LogP contribution in [0.2, 0.25) is 5.02 Å². The summed E-state index contributed by atoms with van der Waals surface area (Å²) in [5.41, 5.74) is -1.36. The monoisotopic (exact) mass is 655 g/mol. The van der Waals surface area contributed by atoms with Gasteiger partial charge >= 0.3 is 6.01 Å². The zero-order chi connectivity index (χ0) is 31.3. The van der Waals surface area contributed by atoms with E-state index in [2.05, 4.69) is 25.1 Å². The first-order valence-corrected chi connectivity index (χ1v) is 16.0. The Kier molecular flexibility index (Phi) is 6.43. The van der Waals surface area contributed by atoms with E-state index in [4.69, 9.17) is 35.5 Å². The number of pyridine rings is 1. The minimum absolute atomic E-state index is 0.00159. The Labute approximate surface area is 266 Å². The smallest absolute Gasteiger partial charge is 0.319 e. The number of hydrogen-bond acceptors (Lipinski definition) is 11. The highest BCUT2D eigenvalue weighted by atomic mass is 35.5. The molecule has 6 aliphatic heterocycles. The summed E-state index contributed by atoms with van der Waals surface area (Å²) in [5, 5.41) is 19.4. The van der Waals surface area contributed by atoms with Crippen molar-refractivity contribution >= 4 is 39.2 Å². The van der Waals surface area contributed by atoms with E-state index in [0.29, 0.717) is 67.6 Å². The molecule has 2 atom stereocenters. The van der Waals surface area contributed by atoms with Crippen LogP contribution in [-0.2, 0) is 9.47 Å². The van der Waals surface area contributed by atoms with Crippen molar-refractivity contribution in [1.29, 1.82) is 0 Å². The number of hydrogen-bond donors (Lipinski definition) is 2. The lowest BCUT2D eigenvalue weighted by atomic mass is 9.66. The molecule has 11 rings (SSSR count). The molecule has 0 unspecified atom stereocenters. The maximum absolute atomic E-state index is 16.9. The van der Waals surface area contributed by atoms with Crippen LogP contribution < -0.4 is 14.4 Å². The molecule has 7 aliphatic rings. The molecule has 1 saturated carbocycles. The molecule has 1 spiro atoms. The molecule has 4 aromatic rings. The van der Waals surface area contributed by atoms with E-state index in [0.717, 1.165) is 19.4 Å². The Bertz CT molecular complexity index is 1870. The van der Waals surface area contributed by atoms with Gasteiger partial charge in [0.05, 0.1) is 57.6 Å². The molecule has 4 fully saturated rings. The van der Waals surface area contributed by atoms with Crippen LogP contribution >= 0.6 is 11.6 Å². The first kappa shape index (κ1) is 28.8. The number of rotatable bonds is 3. The van der Waals surface area contributed by atoms with Gasteiger partial charge in [0.15, 0.2) is 18.4 Å². The number of alkyl halides is 1. The number of morpholine rings is 1. The molecule has 3 aromatic heterocycles. The average molecular weight is 656 g/mol. The van der Waals surface area contributed by atoms with E-state index in [9.17, 15) is 9.50 Å². The lowest BCUT2D eigenvalue weighted by Crippen LogP contribution is -2.67. The third-order valence-electron chi connectivity index (χ3n) is 10.3. The van der Waals surface area contributed by atoms with E-state index >= 15 is 4.39 Å². The number of halogens is 3. The number of benzene rings is 1. The van der Waals surface area contributed by atoms with Crippen molar-refractivity contribution in [2.45, 2.75) is 55.0 Å². The number of anilines is 1. The second-order valence-corrected chi connectivity index (χ2v) is 13.8. The molecule has 1 aliphatic carbocycles. The minimum Gasteiger partial charge on any atom is -0.465 e. The number of aromatic amines is 1. The second kappa shape index (κ2) is 10.3. The number of aliphatic hydroxyl groups is 1. The maximum Gasteiger partial charge on any atom is 0.319 e. The largest absolute Gasteiger partial charge is 0.465 e. The van der Waals surface area contributed by atoms with Crippen molar-refractivity contribution in [2.24, 2.45) is 0 Å². The molecule has 7 bridgehead atoms. The van der Waals surface area contributed by atoms with E-state index in [1.54, 1.807) is 18.5 Å². The predicted octanol–water partition coefficient (Wildman–Crippen LogP) is 3.78. The van der Waals surface area contributed by atoms with Crippen molar-refractivity contribution < 1.29 is 32.8 Å². The highest BCUT2D eigenvalue weighted by Gasteiger charge is 2.57. The first-order valence-electron chi connectivity index (χ1n) is 15.6. The number of fused-ring (bicyclic) bond motifs is 2. The highest BCUT2D eigenvalue weighted by molar-refractivity contribution is 6.33. The molecule has 3 saturated heterocycles. The molecule has 0 radical (unpaired) electrons. The molecular formula is C31H32ClF2N7O5. The summed E-state index contributed by atoms with van der Waals surface area (Å²) in [6.07, 6.45) is 5.02. The quantitative estimate of drug-likeness (QED) is 0.334. The maximum atomic E-state index is 16.9. The Morgan fingerprint density at radius 2 is 2.09 bits per heavy atom. The van der Waals surface area contributed by atoms with Gasteiger partial charge in [0.25, 0.3) is 0 Å². The molecule has 1 aromatic carbocycles. The fraction of sp³-hybridized carbons (Fsp3) is 0.548. The summed E-state index contributed by atoms with van der Waals surface area (Å²) < 4.78 is 55.7. The lowest BCUT2D eigenvalue weighted by Gasteiger charge is -2.56. The van der Waals surface area contributed by atoms with E-state index in [-0.39, 0.29) is 53.6 Å². The molecule has 242 valence electrons. The summed E-state index contributed by atoms with van der Waals surface area (Å²) in [4.78, 5) is 18.2. The van der Waals surface area contributed by atoms with Crippen LogP contribution in [0, 0.1) is 5.82 Å². The summed E-state index contributed by atoms with van der Waals surface area (Å²) in [5.74, 6) is -0.103. The van der Waals surface area contributed by atoms with Gasteiger partial charge in [-0.2, -0.15) is 15.1 Å². The van der Waals surface area contributed by atoms with E-state index in [1.807, 2.05) is 4.90 Å². The van der Waals surface area contributed by atoms with E-state index in [1.165, 1.54) is 0 Å². The van der Waals surface area contributed by atoms with Crippen LogP contribution in [0.5, 0.6) is 11.8 Å². The number of nitrogens with one attached hydrogen (secondary N) is 1. The highest BCUT2D eigenvalue weighted by Crippen LogP contribution is 2.49. The van der Waals surface area contributed by atoms with Crippen molar-refractivity contribution in [3.63, 3.8) is 0 Å². The zero-order valence-electron chi connectivity index (χ0n) is 24.9. The van der Waals surface area contributed by atoms with Crippen LogP contribution in [0.15, 0.2) is 18.5 Å². The van der Waals surface area contributed by atoms with Crippen LogP contribution in [0.3, 0.4) is 0 Å². The van der Waals surface area contributed by atoms with Gasteiger partial charge in [-0.05, 0) is 25.5 Å². The zero-order valence-corrected chi connectivity index (χ0v) is 25.7. The molecule has 0 amide bonds. The Hall–Kier alpha value is -3.43. The standard InChI is InChI=1S/C31H32ClF2N7O5/c32-20-6-21-18(9-36-39-21)22-25-23(34)24-19(8-35-25)27(38-28(37-24)44-14-29-2-1-3-41(29)10-17(33)7-29)40-4-5-46-31(13-40)11-30(42,12-31)15-43-16-45-26(20)22/h6,8-9,17,42H,1-5,7,10-16H2,(H,36,39)/t17-,29+,30?,31?/m1/s1. The van der Waals surface area contributed by atoms with Gasteiger partial charge in [-0.1, -0.05) is 11.6 Å². The molecule has 2 N–H and O–H groups in total. The van der Waals surface area contributed by atoms with Crippen molar-refractivity contribution in [2.75, 3.05) is 57.7 Å². The van der Waals surface area contributed by atoms with Gasteiger partial charge in [0.1, 0.15) is 29.8 Å². The van der Waals surface area contributed by atoms with Gasteiger partial charge in [-0.15, -0.1) is 0 Å². The van der Waals surface area contributed by atoms with Crippen molar-refractivity contribution in [1.82, 2.24) is 30.0 Å². The first-order chi connectivity index (χ1) is 22.2. The van der Waals surface area contributed by atoms with Gasteiger partial charge < -0.3 is 29.0 Å². The summed E-state index contributed by atoms with van der Waals surface area (Å²) in [6.45, 7) is 2.46. The minimum atomic E-state index is -1.10. The summed E-state index contributed by atoms with van der Waals surface area (Å²) >= 11 is 6.67. The fourth-order valence-electron chi connectivity index (χ4n) is 8.39.